The number of aliphatic hydroxyl groups is 1. The first-order chi connectivity index (χ1) is 37.5. The van der Waals surface area contributed by atoms with Crippen LogP contribution < -0.4 is 25.4 Å². The second-order valence-corrected chi connectivity index (χ2v) is 23.7. The number of nitrogens with zero attached hydrogens (tertiary/aromatic N) is 12. The Morgan fingerprint density at radius 3 is 1.90 bits per heavy atom. The summed E-state index contributed by atoms with van der Waals surface area (Å²) in [6, 6.07) is 4.77. The number of hydrogen-bond donors (Lipinski definition) is 1. The molecule has 0 saturated carbocycles. The third-order valence-electron chi connectivity index (χ3n) is 14.5. The normalized spacial score (nSPS) is 22.4. The summed E-state index contributed by atoms with van der Waals surface area (Å²) in [5.41, 5.74) is -6.37. The predicted octanol–water partition coefficient (Wildman–Crippen LogP) is 0.567. The Hall–Kier alpha value is -7.15. The van der Waals surface area contributed by atoms with E-state index in [0.29, 0.717) is 30.2 Å². The Labute approximate surface area is 452 Å². The summed E-state index contributed by atoms with van der Waals surface area (Å²) in [6.45, 7) is 6.94. The topological polar surface area (TPSA) is 304 Å². The molecule has 4 aromatic heterocycles. The van der Waals surface area contributed by atoms with Crippen LogP contribution in [0.25, 0.3) is 44.8 Å². The van der Waals surface area contributed by atoms with Crippen LogP contribution in [-0.2, 0) is 70.8 Å². The molecule has 4 aliphatic heterocycles. The summed E-state index contributed by atoms with van der Waals surface area (Å²) < 4.78 is 90.4. The van der Waals surface area contributed by atoms with Crippen molar-refractivity contribution in [2.75, 3.05) is 73.1 Å². The summed E-state index contributed by atoms with van der Waals surface area (Å²) >= 11 is 0. The molecule has 0 radical (unpaired) electrons. The van der Waals surface area contributed by atoms with Crippen molar-refractivity contribution in [1.82, 2.24) is 57.2 Å². The minimum atomic E-state index is -4.98. The third kappa shape index (κ3) is 9.12. The monoisotopic (exact) mass is 1130 g/mol. The van der Waals surface area contributed by atoms with E-state index in [1.165, 1.54) is 63.0 Å². The van der Waals surface area contributed by atoms with Gasteiger partial charge >= 0.3 is 23.8 Å². The van der Waals surface area contributed by atoms with Crippen molar-refractivity contribution in [3.05, 3.63) is 68.5 Å². The van der Waals surface area contributed by atoms with Crippen molar-refractivity contribution in [3.8, 4) is 34.3 Å². The van der Waals surface area contributed by atoms with Crippen molar-refractivity contribution in [3.63, 3.8) is 0 Å². The fourth-order valence-electron chi connectivity index (χ4n) is 10.8. The number of benzene rings is 2. The van der Waals surface area contributed by atoms with E-state index >= 15 is 18.0 Å². The lowest BCUT2D eigenvalue weighted by atomic mass is 9.89. The molecule has 79 heavy (non-hydrogen) atoms. The molecule has 0 amide bonds. The molecule has 1 spiro atoms. The maximum atomic E-state index is 16.5. The van der Waals surface area contributed by atoms with E-state index in [9.17, 15) is 27.9 Å². The first kappa shape index (κ1) is 55.2. The average molecular weight is 1130 g/mol. The molecule has 0 aliphatic carbocycles. The van der Waals surface area contributed by atoms with Gasteiger partial charge in [0, 0.05) is 53.4 Å². The highest BCUT2D eigenvalue weighted by Gasteiger charge is 2.64. The van der Waals surface area contributed by atoms with Crippen LogP contribution in [0.4, 0.5) is 0 Å². The molecule has 10 rings (SSSR count). The minimum Gasteiger partial charge on any atom is -0.493 e. The summed E-state index contributed by atoms with van der Waals surface area (Å²) in [5, 5.41) is 23.0. The first-order valence-corrected chi connectivity index (χ1v) is 28.7. The number of rotatable bonds is 12. The SMILES string of the molecule is CCCc1nn(C)c2c(=O)nc3n(c12)OC(=O)C(n1c(-c2cc(S(=O)(=O)N4CCN(C)CC4)ccc2OCC)nc(=O)c2c1c(CCC)nn2C)C1(O)CC(=O)OC2(CN(C)CCN2S(=O)(=O)c2ccc(OCC)c-3c2)OC1=O. The van der Waals surface area contributed by atoms with Gasteiger partial charge in [-0.1, -0.05) is 26.7 Å². The van der Waals surface area contributed by atoms with Gasteiger partial charge in [-0.25, -0.2) is 26.4 Å². The van der Waals surface area contributed by atoms with Gasteiger partial charge in [-0.2, -0.15) is 29.2 Å². The zero-order chi connectivity index (χ0) is 56.7. The van der Waals surface area contributed by atoms with Crippen LogP contribution in [0.3, 0.4) is 0 Å². The van der Waals surface area contributed by atoms with Crippen molar-refractivity contribution in [2.45, 2.75) is 87.1 Å². The fourth-order valence-corrected chi connectivity index (χ4v) is 13.8. The number of carbonyl (C=O) groups is 3. The van der Waals surface area contributed by atoms with Gasteiger partial charge in [-0.3, -0.25) is 28.6 Å². The number of sulfonamides is 2. The average Bonchev–Trinajstić information content (AvgIpc) is 3.86. The molecule has 1 N–H and O–H groups in total. The molecule has 3 fully saturated rings. The molecular weight excluding hydrogens is 1070 g/mol. The minimum absolute atomic E-state index is 0.00680. The van der Waals surface area contributed by atoms with Crippen LogP contribution in [0.1, 0.15) is 64.4 Å². The van der Waals surface area contributed by atoms with E-state index in [-0.39, 0.29) is 107 Å². The highest BCUT2D eigenvalue weighted by molar-refractivity contribution is 7.89. The Bertz CT molecular complexity index is 3850. The van der Waals surface area contributed by atoms with E-state index in [4.69, 9.17) is 23.8 Å². The van der Waals surface area contributed by atoms with Gasteiger partial charge in [-0.05, 0) is 77.2 Å². The molecule has 4 bridgehead atoms. The Morgan fingerprint density at radius 2 is 1.28 bits per heavy atom. The van der Waals surface area contributed by atoms with Crippen molar-refractivity contribution >= 4 is 60.0 Å². The number of aryl methyl sites for hydroxylation is 4. The molecule has 3 atom stereocenters. The summed E-state index contributed by atoms with van der Waals surface area (Å²) in [4.78, 5) is 94.4. The van der Waals surface area contributed by atoms with Gasteiger partial charge < -0.3 is 38.4 Å². The Balaban J connectivity index is 1.37. The molecule has 422 valence electrons. The van der Waals surface area contributed by atoms with E-state index in [0.717, 1.165) is 15.4 Å². The number of carbonyl (C=O) groups excluding carboxylic acids is 3. The number of ether oxygens (including phenoxy) is 4. The molecule has 3 saturated heterocycles. The molecule has 27 nitrogen and oxygen atoms in total. The van der Waals surface area contributed by atoms with Crippen LogP contribution in [0.2, 0.25) is 0 Å². The fraction of sp³-hybridized carbons (Fsp3) is 0.500. The van der Waals surface area contributed by atoms with Crippen LogP contribution >= 0.6 is 0 Å². The zero-order valence-electron chi connectivity index (χ0n) is 44.8. The highest BCUT2D eigenvalue weighted by atomic mass is 32.2. The summed E-state index contributed by atoms with van der Waals surface area (Å²) in [5.74, 6) is -8.85. The maximum absolute atomic E-state index is 16.5. The number of piperazine rings is 2. The van der Waals surface area contributed by atoms with E-state index in [1.807, 2.05) is 18.9 Å². The van der Waals surface area contributed by atoms with E-state index < -0.39 is 103 Å². The number of likely N-dealkylation sites (N-methyl/N-ethyl adjacent to an activating group) is 2. The van der Waals surface area contributed by atoms with E-state index in [1.54, 1.807) is 27.8 Å². The molecule has 4 aliphatic rings. The number of aromatic nitrogens is 8. The highest BCUT2D eigenvalue weighted by Crippen LogP contribution is 2.45. The van der Waals surface area contributed by atoms with Gasteiger partial charge in [0.15, 0.2) is 22.9 Å². The number of hydrogen-bond acceptors (Lipinski definition) is 21. The molecule has 3 unspecified atom stereocenters. The van der Waals surface area contributed by atoms with Gasteiger partial charge in [0.2, 0.25) is 25.6 Å². The van der Waals surface area contributed by atoms with Gasteiger partial charge in [0.25, 0.3) is 11.1 Å². The van der Waals surface area contributed by atoms with Crippen LogP contribution in [-0.4, -0.2) is 182 Å². The molecule has 8 heterocycles. The van der Waals surface area contributed by atoms with E-state index in [2.05, 4.69) is 20.2 Å². The molecule has 6 aromatic rings. The predicted molar refractivity (Wildman–Crippen MR) is 279 cm³/mol. The van der Waals surface area contributed by atoms with Crippen molar-refractivity contribution in [1.29, 1.82) is 0 Å². The summed E-state index contributed by atoms with van der Waals surface area (Å²) in [6.07, 6.45) is -0.406. The van der Waals surface area contributed by atoms with Crippen LogP contribution in [0, 0.1) is 0 Å². The lowest BCUT2D eigenvalue weighted by molar-refractivity contribution is -0.280. The van der Waals surface area contributed by atoms with Crippen LogP contribution in [0.5, 0.6) is 11.5 Å². The lowest BCUT2D eigenvalue weighted by Gasteiger charge is -2.45. The van der Waals surface area contributed by atoms with Gasteiger partial charge in [-0.15, -0.1) is 4.31 Å². The van der Waals surface area contributed by atoms with Gasteiger partial charge in [0.05, 0.1) is 64.0 Å². The largest absolute Gasteiger partial charge is 0.493 e. The molecule has 29 heteroatoms. The smallest absolute Gasteiger partial charge is 0.359 e. The van der Waals surface area contributed by atoms with Crippen molar-refractivity contribution in [2.24, 2.45) is 14.1 Å². The summed E-state index contributed by atoms with van der Waals surface area (Å²) in [7, 11) is -3.01. The second kappa shape index (κ2) is 20.5. The lowest BCUT2D eigenvalue weighted by Crippen LogP contribution is -2.67. The number of esters is 2. The standard InChI is InChI=1S/C50H60N12O15S2/c1-9-13-33-38-40(57(7)53-33)45(64)51-43(31-25-29(15-17-35(31)73-11-3)78(69,70)59-22-19-55(5)20-23-59)61(38)42-47(66)77-62-39-34(14-10-2)54-58(8)41(39)46(65)52-44(62)32-26-30(16-18-36(32)74-12-4)79(71,72)60-24-21-56(6)28-50(60)75-37(63)27-49(42,68)48(67)76-50/h15-18,25-26,42,68H,9-14,19-24,27-28H2,1-8H3. The molecule has 2 aromatic carbocycles. The Morgan fingerprint density at radius 1 is 0.709 bits per heavy atom. The van der Waals surface area contributed by atoms with Crippen LogP contribution in [0.15, 0.2) is 55.8 Å². The maximum Gasteiger partial charge on any atom is 0.359 e. The third-order valence-corrected chi connectivity index (χ3v) is 18.2. The Kier molecular flexibility index (Phi) is 14.3. The van der Waals surface area contributed by atoms with Crippen molar-refractivity contribution < 1.29 is 60.1 Å². The second-order valence-electron chi connectivity index (χ2n) is 19.9. The zero-order valence-corrected chi connectivity index (χ0v) is 46.4. The van der Waals surface area contributed by atoms with Gasteiger partial charge in [0.1, 0.15) is 22.8 Å². The quantitative estimate of drug-likeness (QED) is 0.164. The number of fused-ring (bicyclic) bond motifs is 9. The molecular formula is C50H60N12O15S2. The first-order valence-electron chi connectivity index (χ1n) is 25.8.